The first-order valence-corrected chi connectivity index (χ1v) is 5.37. The lowest BCUT2D eigenvalue weighted by Gasteiger charge is -2.05. The van der Waals surface area contributed by atoms with Crippen LogP contribution >= 0.6 is 15.9 Å². The van der Waals surface area contributed by atoms with Crippen LogP contribution in [0.2, 0.25) is 0 Å². The average Bonchev–Trinajstić information content (AvgIpc) is 2.56. The molecule has 4 nitrogen and oxygen atoms in total. The van der Waals surface area contributed by atoms with Crippen molar-refractivity contribution in [1.82, 2.24) is 9.78 Å². The van der Waals surface area contributed by atoms with Crippen molar-refractivity contribution >= 4 is 21.7 Å². The fourth-order valence-corrected chi connectivity index (χ4v) is 1.73. The summed E-state index contributed by atoms with van der Waals surface area (Å²) in [6.45, 7) is 0. The van der Waals surface area contributed by atoms with Crippen LogP contribution in [0.15, 0.2) is 16.6 Å². The molecule has 1 aromatic carbocycles. The van der Waals surface area contributed by atoms with Crippen LogP contribution in [-0.2, 0) is 7.05 Å². The predicted molar refractivity (Wildman–Crippen MR) is 62.3 cm³/mol. The van der Waals surface area contributed by atoms with E-state index < -0.39 is 17.4 Å². The van der Waals surface area contributed by atoms with Crippen LogP contribution in [-0.4, -0.2) is 14.9 Å². The largest absolute Gasteiger partial charge is 0.507 e. The maximum Gasteiger partial charge on any atom is 0.153 e. The zero-order valence-corrected chi connectivity index (χ0v) is 10.3. The van der Waals surface area contributed by atoms with E-state index in [2.05, 4.69) is 21.0 Å². The predicted octanol–water partition coefficient (Wildman–Crippen LogP) is 2.42. The van der Waals surface area contributed by atoms with E-state index in [1.807, 2.05) is 0 Å². The van der Waals surface area contributed by atoms with Gasteiger partial charge in [-0.2, -0.15) is 5.10 Å². The standard InChI is InChI=1S/C10H8BrF2N3O/c1-16-7(14)3-5(15-16)8-4(12)2-6(17)9(11)10(8)13/h2-3,17H,14H2,1H3. The molecule has 0 saturated heterocycles. The molecule has 0 aliphatic carbocycles. The molecule has 90 valence electrons. The topological polar surface area (TPSA) is 64.1 Å². The van der Waals surface area contributed by atoms with E-state index in [1.54, 1.807) is 7.05 Å². The zero-order chi connectivity index (χ0) is 12.7. The summed E-state index contributed by atoms with van der Waals surface area (Å²) in [5.74, 6) is -2.04. The molecule has 0 amide bonds. The van der Waals surface area contributed by atoms with Gasteiger partial charge in [-0.1, -0.05) is 0 Å². The van der Waals surface area contributed by atoms with Gasteiger partial charge in [-0.05, 0) is 15.9 Å². The molecule has 0 spiro atoms. The van der Waals surface area contributed by atoms with Gasteiger partial charge in [0.25, 0.3) is 0 Å². The number of aromatic nitrogens is 2. The number of nitrogens with two attached hydrogens (primary N) is 1. The van der Waals surface area contributed by atoms with Gasteiger partial charge in [0.1, 0.15) is 23.1 Å². The number of nitrogens with zero attached hydrogens (tertiary/aromatic N) is 2. The minimum Gasteiger partial charge on any atom is -0.507 e. The average molecular weight is 304 g/mol. The fourth-order valence-electron chi connectivity index (χ4n) is 1.42. The molecule has 0 aliphatic heterocycles. The number of phenols is 1. The highest BCUT2D eigenvalue weighted by atomic mass is 79.9. The highest BCUT2D eigenvalue weighted by molar-refractivity contribution is 9.10. The fraction of sp³-hybridized carbons (Fsp3) is 0.100. The van der Waals surface area contributed by atoms with Crippen LogP contribution in [0.5, 0.6) is 5.75 Å². The van der Waals surface area contributed by atoms with Crippen molar-refractivity contribution in [3.63, 3.8) is 0 Å². The summed E-state index contributed by atoms with van der Waals surface area (Å²) in [7, 11) is 1.56. The second kappa shape index (κ2) is 3.99. The third kappa shape index (κ3) is 1.86. The normalized spacial score (nSPS) is 10.8. The zero-order valence-electron chi connectivity index (χ0n) is 8.71. The van der Waals surface area contributed by atoms with Crippen molar-refractivity contribution in [1.29, 1.82) is 0 Å². The Labute approximate surface area is 104 Å². The summed E-state index contributed by atoms with van der Waals surface area (Å²) < 4.78 is 28.5. The van der Waals surface area contributed by atoms with Crippen molar-refractivity contribution in [2.75, 3.05) is 5.73 Å². The number of hydrogen-bond acceptors (Lipinski definition) is 3. The number of aromatic hydroxyl groups is 1. The minimum atomic E-state index is -0.916. The Balaban J connectivity index is 2.71. The molecule has 3 N–H and O–H groups in total. The number of phenolic OH excluding ortho intramolecular Hbond substituents is 1. The molecule has 17 heavy (non-hydrogen) atoms. The summed E-state index contributed by atoms with van der Waals surface area (Å²) in [6, 6.07) is 2.17. The van der Waals surface area contributed by atoms with Crippen LogP contribution in [0.3, 0.4) is 0 Å². The van der Waals surface area contributed by atoms with Crippen LogP contribution in [0.4, 0.5) is 14.6 Å². The molecular formula is C10H8BrF2N3O. The molecular weight excluding hydrogens is 296 g/mol. The van der Waals surface area contributed by atoms with E-state index in [9.17, 15) is 13.9 Å². The smallest absolute Gasteiger partial charge is 0.153 e. The van der Waals surface area contributed by atoms with Gasteiger partial charge in [-0.15, -0.1) is 0 Å². The number of rotatable bonds is 1. The molecule has 2 rings (SSSR count). The van der Waals surface area contributed by atoms with Crippen molar-refractivity contribution in [2.24, 2.45) is 7.05 Å². The summed E-state index contributed by atoms with van der Waals surface area (Å²) in [6.07, 6.45) is 0. The molecule has 0 unspecified atom stereocenters. The van der Waals surface area contributed by atoms with Gasteiger partial charge >= 0.3 is 0 Å². The summed E-state index contributed by atoms with van der Waals surface area (Å²) >= 11 is 2.83. The second-order valence-corrected chi connectivity index (χ2v) is 4.25. The lowest BCUT2D eigenvalue weighted by Crippen LogP contribution is -1.97. The Bertz CT molecular complexity index is 578. The molecule has 7 heteroatoms. The molecule has 0 atom stereocenters. The van der Waals surface area contributed by atoms with Gasteiger partial charge in [0, 0.05) is 19.2 Å². The molecule has 1 heterocycles. The first-order valence-electron chi connectivity index (χ1n) is 4.58. The van der Waals surface area contributed by atoms with E-state index in [1.165, 1.54) is 10.7 Å². The molecule has 0 radical (unpaired) electrons. The van der Waals surface area contributed by atoms with Gasteiger partial charge in [0.15, 0.2) is 5.82 Å². The Hall–Kier alpha value is -1.63. The number of benzene rings is 1. The van der Waals surface area contributed by atoms with Crippen molar-refractivity contribution < 1.29 is 13.9 Å². The van der Waals surface area contributed by atoms with Gasteiger partial charge in [-0.3, -0.25) is 4.68 Å². The second-order valence-electron chi connectivity index (χ2n) is 3.46. The molecule has 0 fully saturated rings. The van der Waals surface area contributed by atoms with Crippen molar-refractivity contribution in [3.05, 3.63) is 28.2 Å². The minimum absolute atomic E-state index is 0.0701. The third-order valence-electron chi connectivity index (χ3n) is 2.31. The maximum absolute atomic E-state index is 13.8. The molecule has 2 aromatic rings. The van der Waals surface area contributed by atoms with Gasteiger partial charge in [0.2, 0.25) is 0 Å². The first-order chi connectivity index (χ1) is 7.91. The van der Waals surface area contributed by atoms with Gasteiger partial charge in [0.05, 0.1) is 10.0 Å². The SMILES string of the molecule is Cn1nc(-c2c(F)cc(O)c(Br)c2F)cc1N. The number of aryl methyl sites for hydroxylation is 1. The summed E-state index contributed by atoms with van der Waals surface area (Å²) in [4.78, 5) is 0. The quantitative estimate of drug-likeness (QED) is 0.795. The summed E-state index contributed by atoms with van der Waals surface area (Å²) in [5.41, 5.74) is 5.28. The van der Waals surface area contributed by atoms with E-state index in [4.69, 9.17) is 5.73 Å². The van der Waals surface area contributed by atoms with E-state index in [-0.39, 0.29) is 21.5 Å². The highest BCUT2D eigenvalue weighted by Gasteiger charge is 2.20. The van der Waals surface area contributed by atoms with Gasteiger partial charge < -0.3 is 10.8 Å². The first kappa shape index (κ1) is 11.8. The number of nitrogen functional groups attached to an aromatic ring is 1. The highest BCUT2D eigenvalue weighted by Crippen LogP contribution is 2.36. The van der Waals surface area contributed by atoms with Crippen LogP contribution in [0.1, 0.15) is 0 Å². The Morgan fingerprint density at radius 3 is 2.59 bits per heavy atom. The number of halogens is 3. The summed E-state index contributed by atoms with van der Waals surface area (Å²) in [5, 5.41) is 13.1. The van der Waals surface area contributed by atoms with Gasteiger partial charge in [-0.25, -0.2) is 8.78 Å². The van der Waals surface area contributed by atoms with E-state index in [0.29, 0.717) is 0 Å². The third-order valence-corrected chi connectivity index (χ3v) is 3.07. The van der Waals surface area contributed by atoms with Crippen molar-refractivity contribution in [3.8, 4) is 17.0 Å². The van der Waals surface area contributed by atoms with Crippen LogP contribution in [0.25, 0.3) is 11.3 Å². The molecule has 1 aromatic heterocycles. The van der Waals surface area contributed by atoms with E-state index in [0.717, 1.165) is 6.07 Å². The monoisotopic (exact) mass is 303 g/mol. The molecule has 0 aliphatic rings. The van der Waals surface area contributed by atoms with Crippen molar-refractivity contribution in [2.45, 2.75) is 0 Å². The Morgan fingerprint density at radius 2 is 2.06 bits per heavy atom. The molecule has 0 bridgehead atoms. The maximum atomic E-state index is 13.8. The lowest BCUT2D eigenvalue weighted by atomic mass is 10.1. The number of anilines is 1. The Morgan fingerprint density at radius 1 is 1.41 bits per heavy atom. The van der Waals surface area contributed by atoms with Crippen LogP contribution in [0, 0.1) is 11.6 Å². The Kier molecular flexibility index (Phi) is 2.78. The van der Waals surface area contributed by atoms with Crippen LogP contribution < -0.4 is 5.73 Å². The van der Waals surface area contributed by atoms with E-state index >= 15 is 0 Å². The number of hydrogen-bond donors (Lipinski definition) is 2. The lowest BCUT2D eigenvalue weighted by molar-refractivity contribution is 0.456. The molecule has 0 saturated carbocycles.